The van der Waals surface area contributed by atoms with E-state index in [9.17, 15) is 0 Å². The molecule has 96 valence electrons. The normalized spacial score (nSPS) is 25.1. The van der Waals surface area contributed by atoms with Crippen LogP contribution in [0.1, 0.15) is 23.4 Å². The van der Waals surface area contributed by atoms with E-state index in [-0.39, 0.29) is 0 Å². The predicted molar refractivity (Wildman–Crippen MR) is 74.5 cm³/mol. The number of piperazine rings is 1. The summed E-state index contributed by atoms with van der Waals surface area (Å²) in [6.45, 7) is 8.59. The van der Waals surface area contributed by atoms with E-state index in [4.69, 9.17) is 5.73 Å². The molecule has 0 saturated carbocycles. The number of nitrogens with two attached hydrogens (primary N) is 1. The molecule has 1 aliphatic heterocycles. The summed E-state index contributed by atoms with van der Waals surface area (Å²) in [5.41, 5.74) is 7.38. The number of hydrogen-bond donors (Lipinski definition) is 1. The fraction of sp³-hybridized carbons (Fsp3) is 0.692. The van der Waals surface area contributed by atoms with Crippen molar-refractivity contribution in [2.45, 2.75) is 25.9 Å². The van der Waals surface area contributed by atoms with Crippen molar-refractivity contribution < 1.29 is 0 Å². The molecule has 1 aromatic rings. The highest BCUT2D eigenvalue weighted by Gasteiger charge is 2.27. The monoisotopic (exact) mass is 253 g/mol. The van der Waals surface area contributed by atoms with Crippen LogP contribution in [-0.2, 0) is 0 Å². The van der Waals surface area contributed by atoms with Crippen LogP contribution < -0.4 is 5.73 Å². The molecule has 0 radical (unpaired) electrons. The van der Waals surface area contributed by atoms with E-state index in [1.807, 2.05) is 11.3 Å². The zero-order chi connectivity index (χ0) is 12.4. The molecule has 4 heteroatoms. The van der Waals surface area contributed by atoms with E-state index in [1.165, 1.54) is 10.4 Å². The molecule has 2 heterocycles. The van der Waals surface area contributed by atoms with Gasteiger partial charge in [-0.15, -0.1) is 11.3 Å². The van der Waals surface area contributed by atoms with Crippen molar-refractivity contribution in [1.82, 2.24) is 9.80 Å². The highest BCUT2D eigenvalue weighted by Crippen LogP contribution is 2.29. The maximum Gasteiger partial charge on any atom is 0.0567 e. The van der Waals surface area contributed by atoms with E-state index in [1.54, 1.807) is 0 Å². The van der Waals surface area contributed by atoms with Crippen LogP contribution >= 0.6 is 11.3 Å². The minimum Gasteiger partial charge on any atom is -0.329 e. The van der Waals surface area contributed by atoms with Gasteiger partial charge in [0.15, 0.2) is 0 Å². The van der Waals surface area contributed by atoms with Gasteiger partial charge in [-0.3, -0.25) is 4.90 Å². The lowest BCUT2D eigenvalue weighted by atomic mass is 10.1. The molecule has 17 heavy (non-hydrogen) atoms. The Morgan fingerprint density at radius 2 is 2.29 bits per heavy atom. The Labute approximate surface area is 108 Å². The molecule has 2 atom stereocenters. The predicted octanol–water partition coefficient (Wildman–Crippen LogP) is 1.69. The summed E-state index contributed by atoms with van der Waals surface area (Å²) in [7, 11) is 2.20. The van der Waals surface area contributed by atoms with Crippen molar-refractivity contribution in [2.24, 2.45) is 5.73 Å². The number of aryl methyl sites for hydroxylation is 1. The molecule has 0 aromatic carbocycles. The Morgan fingerprint density at radius 3 is 2.82 bits per heavy atom. The lowest BCUT2D eigenvalue weighted by Gasteiger charge is -2.41. The van der Waals surface area contributed by atoms with E-state index < -0.39 is 0 Å². The number of likely N-dealkylation sites (N-methyl/N-ethyl adjacent to an activating group) is 1. The van der Waals surface area contributed by atoms with Gasteiger partial charge in [-0.1, -0.05) is 0 Å². The Bertz CT molecular complexity index is 363. The lowest BCUT2D eigenvalue weighted by molar-refractivity contribution is 0.0751. The lowest BCUT2D eigenvalue weighted by Crippen LogP contribution is -2.52. The van der Waals surface area contributed by atoms with Crippen molar-refractivity contribution >= 4 is 11.3 Å². The Balaban J connectivity index is 2.12. The molecule has 3 nitrogen and oxygen atoms in total. The van der Waals surface area contributed by atoms with Crippen molar-refractivity contribution in [1.29, 1.82) is 0 Å². The first kappa shape index (κ1) is 13.0. The summed E-state index contributed by atoms with van der Waals surface area (Å²) in [4.78, 5) is 6.42. The van der Waals surface area contributed by atoms with Crippen molar-refractivity contribution in [3.63, 3.8) is 0 Å². The van der Waals surface area contributed by atoms with Crippen LogP contribution in [0.5, 0.6) is 0 Å². The van der Waals surface area contributed by atoms with E-state index in [2.05, 4.69) is 42.1 Å². The molecule has 2 rings (SSSR count). The SMILES string of the molecule is Cc1ccsc1C(CN)N1CCN(C)C(C)C1. The van der Waals surface area contributed by atoms with Crippen LogP contribution in [0, 0.1) is 6.92 Å². The van der Waals surface area contributed by atoms with E-state index >= 15 is 0 Å². The van der Waals surface area contributed by atoms with Gasteiger partial charge in [-0.05, 0) is 37.9 Å². The molecule has 2 N–H and O–H groups in total. The van der Waals surface area contributed by atoms with Crippen molar-refractivity contribution in [3.8, 4) is 0 Å². The van der Waals surface area contributed by atoms with Crippen LogP contribution in [-0.4, -0.2) is 49.1 Å². The summed E-state index contributed by atoms with van der Waals surface area (Å²) >= 11 is 1.84. The largest absolute Gasteiger partial charge is 0.329 e. The van der Waals surface area contributed by atoms with Crippen molar-refractivity contribution in [3.05, 3.63) is 21.9 Å². The van der Waals surface area contributed by atoms with Gasteiger partial charge in [0, 0.05) is 37.1 Å². The molecule has 1 aromatic heterocycles. The molecule has 2 unspecified atom stereocenters. The first-order valence-corrected chi connectivity index (χ1v) is 7.19. The van der Waals surface area contributed by atoms with Gasteiger partial charge >= 0.3 is 0 Å². The summed E-state index contributed by atoms with van der Waals surface area (Å²) in [6.07, 6.45) is 0. The molecule has 1 saturated heterocycles. The van der Waals surface area contributed by atoms with Gasteiger partial charge in [0.05, 0.1) is 6.04 Å². The van der Waals surface area contributed by atoms with Gasteiger partial charge in [0.1, 0.15) is 0 Å². The Morgan fingerprint density at radius 1 is 1.53 bits per heavy atom. The zero-order valence-corrected chi connectivity index (χ0v) is 11.8. The smallest absolute Gasteiger partial charge is 0.0567 e. The average Bonchev–Trinajstić information content (AvgIpc) is 2.71. The quantitative estimate of drug-likeness (QED) is 0.890. The summed E-state index contributed by atoms with van der Waals surface area (Å²) in [5.74, 6) is 0. The fourth-order valence-electron chi connectivity index (χ4n) is 2.51. The van der Waals surface area contributed by atoms with Crippen LogP contribution in [0.2, 0.25) is 0 Å². The van der Waals surface area contributed by atoms with E-state index in [0.717, 1.165) is 26.2 Å². The molecule has 0 aliphatic carbocycles. The molecule has 0 amide bonds. The highest BCUT2D eigenvalue weighted by atomic mass is 32.1. The third-order valence-corrected chi connectivity index (χ3v) is 4.98. The standard InChI is InChI=1S/C13H23N3S/c1-10-4-7-17-13(10)12(8-14)16-6-5-15(3)11(2)9-16/h4,7,11-12H,5-6,8-9,14H2,1-3H3. The van der Waals surface area contributed by atoms with Crippen LogP contribution in [0.15, 0.2) is 11.4 Å². The van der Waals surface area contributed by atoms with E-state index in [0.29, 0.717) is 12.1 Å². The zero-order valence-electron chi connectivity index (χ0n) is 11.0. The maximum absolute atomic E-state index is 6.00. The maximum atomic E-state index is 6.00. The summed E-state index contributed by atoms with van der Waals surface area (Å²) in [5, 5.41) is 2.17. The second-order valence-corrected chi connectivity index (χ2v) is 5.99. The topological polar surface area (TPSA) is 32.5 Å². The second kappa shape index (κ2) is 5.48. The minimum absolute atomic E-state index is 0.408. The summed E-state index contributed by atoms with van der Waals surface area (Å²) in [6, 6.07) is 3.23. The molecule has 1 fully saturated rings. The second-order valence-electron chi connectivity index (χ2n) is 5.04. The molecular formula is C13H23N3S. The van der Waals surface area contributed by atoms with Gasteiger partial charge in [0.2, 0.25) is 0 Å². The number of rotatable bonds is 3. The van der Waals surface area contributed by atoms with Gasteiger partial charge in [-0.2, -0.15) is 0 Å². The number of hydrogen-bond acceptors (Lipinski definition) is 4. The average molecular weight is 253 g/mol. The minimum atomic E-state index is 0.408. The molecule has 1 aliphatic rings. The van der Waals surface area contributed by atoms with Crippen molar-refractivity contribution in [2.75, 3.05) is 33.2 Å². The van der Waals surface area contributed by atoms with Gasteiger partial charge in [-0.25, -0.2) is 0 Å². The third-order valence-electron chi connectivity index (χ3n) is 3.86. The fourth-order valence-corrected chi connectivity index (χ4v) is 3.58. The van der Waals surface area contributed by atoms with Crippen LogP contribution in [0.25, 0.3) is 0 Å². The highest BCUT2D eigenvalue weighted by molar-refractivity contribution is 7.10. The van der Waals surface area contributed by atoms with Gasteiger partial charge in [0.25, 0.3) is 0 Å². The first-order valence-electron chi connectivity index (χ1n) is 6.31. The molecule has 0 bridgehead atoms. The number of thiophene rings is 1. The Hall–Kier alpha value is -0.420. The summed E-state index contributed by atoms with van der Waals surface area (Å²) < 4.78 is 0. The van der Waals surface area contributed by atoms with Crippen LogP contribution in [0.4, 0.5) is 0 Å². The van der Waals surface area contributed by atoms with Crippen LogP contribution in [0.3, 0.4) is 0 Å². The van der Waals surface area contributed by atoms with Gasteiger partial charge < -0.3 is 10.6 Å². The third kappa shape index (κ3) is 2.71. The molecular weight excluding hydrogens is 230 g/mol. The number of nitrogens with zero attached hydrogens (tertiary/aromatic N) is 2. The first-order chi connectivity index (χ1) is 8.13. The molecule has 0 spiro atoms. The Kier molecular flexibility index (Phi) is 4.20.